The Morgan fingerprint density at radius 1 is 0.932 bits per heavy atom. The smallest absolute Gasteiger partial charge is 0.407 e. The van der Waals surface area contributed by atoms with Crippen LogP contribution < -0.4 is 15.4 Å². The maximum atomic E-state index is 14.9. The highest BCUT2D eigenvalue weighted by Crippen LogP contribution is 2.34. The van der Waals surface area contributed by atoms with Crippen molar-refractivity contribution in [1.29, 1.82) is 0 Å². The van der Waals surface area contributed by atoms with Gasteiger partial charge in [0, 0.05) is 62.5 Å². The SMILES string of the molecule is CCCC(=O)OCN(C(=O)[C@@H](CC(=O)[C@H]1CCCCN1C)[C@@H](C)CC)[C@H](C[C@@H](OC(C)=O)c1nc(C(=O)N[C@@H](Cc2ccc(OC(=O)CCCCCNC(=O)OC(C)(C)C)cc2)C[C@H](C)C(=O)O)cs1)C(C)C. The first-order valence-corrected chi connectivity index (χ1v) is 26.9. The van der Waals surface area contributed by atoms with Crippen molar-refractivity contribution in [3.63, 3.8) is 0 Å². The second-order valence-corrected chi connectivity index (χ2v) is 21.7. The van der Waals surface area contributed by atoms with Crippen molar-refractivity contribution in [2.45, 2.75) is 189 Å². The van der Waals surface area contributed by atoms with Gasteiger partial charge < -0.3 is 39.6 Å². The summed E-state index contributed by atoms with van der Waals surface area (Å²) in [5, 5.41) is 17.3. The van der Waals surface area contributed by atoms with Crippen molar-refractivity contribution in [2.75, 3.05) is 26.9 Å². The second kappa shape index (κ2) is 30.7. The molecule has 408 valence electrons. The molecule has 19 heteroatoms. The largest absolute Gasteiger partial charge is 0.481 e. The van der Waals surface area contributed by atoms with Gasteiger partial charge in [0.25, 0.3) is 5.91 Å². The van der Waals surface area contributed by atoms with Gasteiger partial charge in [0.1, 0.15) is 22.1 Å². The van der Waals surface area contributed by atoms with Crippen LogP contribution in [0.2, 0.25) is 0 Å². The summed E-state index contributed by atoms with van der Waals surface area (Å²) in [6, 6.07) is 5.13. The van der Waals surface area contributed by atoms with E-state index in [0.29, 0.717) is 44.4 Å². The van der Waals surface area contributed by atoms with Crippen LogP contribution in [0.5, 0.6) is 5.75 Å². The number of unbranched alkanes of at least 4 members (excludes halogenated alkanes) is 2. The van der Waals surface area contributed by atoms with Crippen molar-refractivity contribution < 1.29 is 62.4 Å². The van der Waals surface area contributed by atoms with Gasteiger partial charge in [0.05, 0.1) is 12.0 Å². The molecule has 7 atom stereocenters. The van der Waals surface area contributed by atoms with E-state index in [2.05, 4.69) is 20.5 Å². The zero-order valence-corrected chi connectivity index (χ0v) is 45.9. The van der Waals surface area contributed by atoms with Gasteiger partial charge in [-0.3, -0.25) is 38.5 Å². The lowest BCUT2D eigenvalue weighted by Gasteiger charge is -2.39. The van der Waals surface area contributed by atoms with Crippen molar-refractivity contribution >= 4 is 58.9 Å². The molecule has 1 aliphatic rings. The minimum atomic E-state index is -1.03. The molecule has 1 aliphatic heterocycles. The summed E-state index contributed by atoms with van der Waals surface area (Å²) in [7, 11) is 1.93. The number of hydrogen-bond donors (Lipinski definition) is 3. The predicted molar refractivity (Wildman–Crippen MR) is 277 cm³/mol. The number of ketones is 1. The Bertz CT molecular complexity index is 2120. The summed E-state index contributed by atoms with van der Waals surface area (Å²) >= 11 is 1.09. The summed E-state index contributed by atoms with van der Waals surface area (Å²) in [6.45, 7) is 18.6. The van der Waals surface area contributed by atoms with E-state index in [4.69, 9.17) is 18.9 Å². The van der Waals surface area contributed by atoms with Crippen LogP contribution in [-0.2, 0) is 49.4 Å². The fourth-order valence-electron chi connectivity index (χ4n) is 8.74. The van der Waals surface area contributed by atoms with Crippen LogP contribution in [0.25, 0.3) is 0 Å². The summed E-state index contributed by atoms with van der Waals surface area (Å²) in [4.78, 5) is 113. The van der Waals surface area contributed by atoms with Gasteiger partial charge in [-0.1, -0.05) is 72.9 Å². The number of piperidine rings is 1. The molecular weight excluding hydrogens is 959 g/mol. The molecule has 2 aromatic rings. The number of hydrogen-bond acceptors (Lipinski definition) is 15. The number of benzene rings is 1. The average Bonchev–Trinajstić information content (AvgIpc) is 3.81. The third kappa shape index (κ3) is 21.9. The highest BCUT2D eigenvalue weighted by molar-refractivity contribution is 7.09. The maximum absolute atomic E-state index is 14.9. The number of carboxylic acid groups (broad SMARTS) is 1. The summed E-state index contributed by atoms with van der Waals surface area (Å²) in [5.74, 6) is -5.09. The van der Waals surface area contributed by atoms with Gasteiger partial charge >= 0.3 is 30.0 Å². The number of nitrogens with one attached hydrogen (secondary N) is 2. The number of carboxylic acids is 1. The molecule has 18 nitrogen and oxygen atoms in total. The molecule has 1 aromatic carbocycles. The molecule has 0 unspecified atom stereocenters. The van der Waals surface area contributed by atoms with E-state index in [0.717, 1.165) is 42.7 Å². The fourth-order valence-corrected chi connectivity index (χ4v) is 9.58. The van der Waals surface area contributed by atoms with Gasteiger partial charge in [-0.05, 0) is 109 Å². The van der Waals surface area contributed by atoms with Gasteiger partial charge in [-0.15, -0.1) is 11.3 Å². The topological polar surface area (TPSA) is 237 Å². The number of alkyl carbamates (subject to hydrolysis) is 1. The molecule has 1 fully saturated rings. The summed E-state index contributed by atoms with van der Waals surface area (Å²) in [6.07, 6.45) is 4.97. The molecule has 2 heterocycles. The number of carbonyl (C=O) groups excluding carboxylic acids is 7. The number of aromatic nitrogens is 1. The molecule has 73 heavy (non-hydrogen) atoms. The normalized spacial score (nSPS) is 16.5. The molecule has 3 rings (SSSR count). The first-order chi connectivity index (χ1) is 34.4. The third-order valence-electron chi connectivity index (χ3n) is 13.0. The number of likely N-dealkylation sites (tertiary alicyclic amines) is 1. The quantitative estimate of drug-likeness (QED) is 0.0218. The van der Waals surface area contributed by atoms with E-state index in [1.54, 1.807) is 52.0 Å². The van der Waals surface area contributed by atoms with E-state index < -0.39 is 71.5 Å². The second-order valence-electron chi connectivity index (χ2n) is 20.8. The van der Waals surface area contributed by atoms with Crippen LogP contribution in [0.4, 0.5) is 4.79 Å². The number of aliphatic carboxylic acids is 1. The van der Waals surface area contributed by atoms with E-state index in [9.17, 15) is 43.5 Å². The Balaban J connectivity index is 1.79. The van der Waals surface area contributed by atoms with E-state index >= 15 is 0 Å². The number of Topliss-reactive ketones (excluding diaryl/α,β-unsaturated/α-hetero) is 1. The van der Waals surface area contributed by atoms with E-state index in [-0.39, 0.29) is 85.5 Å². The Hall–Kier alpha value is -5.43. The molecule has 1 aromatic heterocycles. The number of rotatable bonds is 30. The average molecular weight is 1040 g/mol. The highest BCUT2D eigenvalue weighted by Gasteiger charge is 2.40. The Labute approximate surface area is 436 Å². The minimum absolute atomic E-state index is 0.000607. The monoisotopic (exact) mass is 1040 g/mol. The van der Waals surface area contributed by atoms with Crippen LogP contribution in [0, 0.1) is 23.7 Å². The molecule has 3 amide bonds. The van der Waals surface area contributed by atoms with Gasteiger partial charge in [-0.25, -0.2) is 9.78 Å². The molecule has 0 aliphatic carbocycles. The molecule has 0 spiro atoms. The lowest BCUT2D eigenvalue weighted by atomic mass is 9.82. The number of amides is 3. The molecule has 1 saturated heterocycles. The van der Waals surface area contributed by atoms with Gasteiger partial charge in [0.2, 0.25) is 5.91 Å². The first kappa shape index (κ1) is 61.9. The van der Waals surface area contributed by atoms with E-state index in [1.165, 1.54) is 17.2 Å². The number of esters is 3. The molecule has 0 radical (unpaired) electrons. The van der Waals surface area contributed by atoms with Crippen LogP contribution in [0.3, 0.4) is 0 Å². The minimum Gasteiger partial charge on any atom is -0.481 e. The lowest BCUT2D eigenvalue weighted by molar-refractivity contribution is -0.161. The van der Waals surface area contributed by atoms with Crippen molar-refractivity contribution in [2.24, 2.45) is 23.7 Å². The number of likely N-dealkylation sites (N-methyl/N-ethyl adjacent to an activating group) is 1. The van der Waals surface area contributed by atoms with Gasteiger partial charge in [0.15, 0.2) is 18.6 Å². The van der Waals surface area contributed by atoms with Crippen LogP contribution >= 0.6 is 11.3 Å². The first-order valence-electron chi connectivity index (χ1n) is 26.0. The number of ether oxygens (including phenoxy) is 4. The molecule has 0 bridgehead atoms. The fraction of sp³-hybridized carbons (Fsp3) is 0.685. The summed E-state index contributed by atoms with van der Waals surface area (Å²) < 4.78 is 22.3. The standard InChI is InChI=1S/C54H83N5O13S/c1-12-19-47(62)69-33-59(51(65)41(35(5)13-2)30-45(61)43-20-16-18-27-58(43)11)44(34(3)4)31-46(70-37(7)60)50-57-42(32-73-50)49(64)56-39(28-36(6)52(66)67)29-38-22-24-40(25-23-38)71-48(63)21-15-14-17-26-55-53(68)72-54(8,9)10/h22-25,32,34-36,39,41,43-44,46H,12-21,26-31,33H2,1-11H3,(H,55,68)(H,56,64)(H,66,67)/t35-,36-,39+,41-,43+,44+,46+/m0/s1. The zero-order chi connectivity index (χ0) is 54.4. The molecule has 0 saturated carbocycles. The Kier molecular flexibility index (Phi) is 26.0. The number of carbonyl (C=O) groups is 8. The summed E-state index contributed by atoms with van der Waals surface area (Å²) in [5.41, 5.74) is 0.171. The molecule has 3 N–H and O–H groups in total. The lowest BCUT2D eigenvalue weighted by Crippen LogP contribution is -2.50. The van der Waals surface area contributed by atoms with E-state index in [1.807, 2.05) is 41.7 Å². The van der Waals surface area contributed by atoms with Crippen molar-refractivity contribution in [3.05, 3.63) is 45.9 Å². The number of thiazole rings is 1. The predicted octanol–water partition coefficient (Wildman–Crippen LogP) is 8.84. The molecular formula is C54H83N5O13S. The Morgan fingerprint density at radius 3 is 2.23 bits per heavy atom. The highest BCUT2D eigenvalue weighted by atomic mass is 32.1. The third-order valence-corrected chi connectivity index (χ3v) is 14.0. The van der Waals surface area contributed by atoms with Crippen molar-refractivity contribution in [3.8, 4) is 5.75 Å². The maximum Gasteiger partial charge on any atom is 0.407 e. The van der Waals surface area contributed by atoms with Crippen LogP contribution in [0.15, 0.2) is 29.6 Å². The van der Waals surface area contributed by atoms with Crippen molar-refractivity contribution in [1.82, 2.24) is 25.4 Å². The van der Waals surface area contributed by atoms with Crippen LogP contribution in [0.1, 0.15) is 180 Å². The zero-order valence-electron chi connectivity index (χ0n) is 45.1. The van der Waals surface area contributed by atoms with Crippen LogP contribution in [-0.4, -0.2) is 118 Å². The Morgan fingerprint density at radius 2 is 1.63 bits per heavy atom. The van der Waals surface area contributed by atoms with Gasteiger partial charge in [-0.2, -0.15) is 0 Å². The number of nitrogens with zero attached hydrogens (tertiary/aromatic N) is 3.